The van der Waals surface area contributed by atoms with Crippen molar-refractivity contribution in [3.8, 4) is 0 Å². The number of fused-ring (bicyclic) bond motifs is 3. The van der Waals surface area contributed by atoms with Gasteiger partial charge in [-0.2, -0.15) is 4.31 Å². The van der Waals surface area contributed by atoms with E-state index in [0.29, 0.717) is 13.0 Å². The van der Waals surface area contributed by atoms with Crippen LogP contribution in [0.25, 0.3) is 10.9 Å². The third-order valence-electron chi connectivity index (χ3n) is 4.28. The van der Waals surface area contributed by atoms with Gasteiger partial charge >= 0.3 is 0 Å². The van der Waals surface area contributed by atoms with E-state index in [1.807, 2.05) is 24.3 Å². The maximum Gasteiger partial charge on any atom is 0.243 e. The molecule has 4 rings (SSSR count). The molecule has 4 nitrogen and oxygen atoms in total. The fourth-order valence-electron chi connectivity index (χ4n) is 3.15. The topological polar surface area (TPSA) is 53.2 Å². The molecule has 1 aromatic heterocycles. The SMILES string of the molecule is O=S(=O)(c1cccc(F)c1)N1CCc2c([nH]c3ccccc23)C1. The molecular weight excluding hydrogens is 315 g/mol. The number of hydrogen-bond donors (Lipinski definition) is 1. The van der Waals surface area contributed by atoms with E-state index >= 15 is 0 Å². The van der Waals surface area contributed by atoms with Crippen molar-refractivity contribution in [1.29, 1.82) is 0 Å². The number of aromatic amines is 1. The molecule has 0 saturated carbocycles. The summed E-state index contributed by atoms with van der Waals surface area (Å²) in [6.45, 7) is 0.677. The third-order valence-corrected chi connectivity index (χ3v) is 6.12. The lowest BCUT2D eigenvalue weighted by Gasteiger charge is -2.26. The number of aromatic nitrogens is 1. The van der Waals surface area contributed by atoms with Crippen LogP contribution >= 0.6 is 0 Å². The van der Waals surface area contributed by atoms with E-state index in [-0.39, 0.29) is 11.4 Å². The van der Waals surface area contributed by atoms with Crippen LogP contribution in [0.3, 0.4) is 0 Å². The number of nitrogens with one attached hydrogen (secondary N) is 1. The van der Waals surface area contributed by atoms with Gasteiger partial charge < -0.3 is 4.98 Å². The van der Waals surface area contributed by atoms with Gasteiger partial charge in [-0.25, -0.2) is 12.8 Å². The Labute approximate surface area is 133 Å². The fourth-order valence-corrected chi connectivity index (χ4v) is 4.59. The Balaban J connectivity index is 1.72. The zero-order chi connectivity index (χ0) is 16.0. The van der Waals surface area contributed by atoms with Crippen molar-refractivity contribution in [2.24, 2.45) is 0 Å². The van der Waals surface area contributed by atoms with Crippen molar-refractivity contribution in [1.82, 2.24) is 9.29 Å². The summed E-state index contributed by atoms with van der Waals surface area (Å²) in [5, 5.41) is 1.14. The lowest BCUT2D eigenvalue weighted by atomic mass is 10.1. The average Bonchev–Trinajstić information content (AvgIpc) is 2.92. The number of H-pyrrole nitrogens is 1. The van der Waals surface area contributed by atoms with Crippen LogP contribution in [0.1, 0.15) is 11.3 Å². The summed E-state index contributed by atoms with van der Waals surface area (Å²) < 4.78 is 40.2. The summed E-state index contributed by atoms with van der Waals surface area (Å²) in [5.41, 5.74) is 3.10. The third kappa shape index (κ3) is 2.34. The summed E-state index contributed by atoms with van der Waals surface area (Å²) in [6.07, 6.45) is 0.647. The molecule has 0 atom stereocenters. The van der Waals surface area contributed by atoms with Crippen molar-refractivity contribution in [3.05, 3.63) is 65.6 Å². The number of sulfonamides is 1. The Kier molecular flexibility index (Phi) is 3.25. The van der Waals surface area contributed by atoms with Crippen LogP contribution in [-0.4, -0.2) is 24.3 Å². The van der Waals surface area contributed by atoms with Crippen LogP contribution < -0.4 is 0 Å². The quantitative estimate of drug-likeness (QED) is 0.785. The van der Waals surface area contributed by atoms with Gasteiger partial charge in [0.2, 0.25) is 10.0 Å². The second-order valence-electron chi connectivity index (χ2n) is 5.67. The molecule has 1 aliphatic heterocycles. The number of halogens is 1. The normalized spacial score (nSPS) is 15.7. The van der Waals surface area contributed by atoms with Gasteiger partial charge in [-0.1, -0.05) is 24.3 Å². The van der Waals surface area contributed by atoms with Gasteiger partial charge in [0.15, 0.2) is 0 Å². The predicted molar refractivity (Wildman–Crippen MR) is 86.0 cm³/mol. The number of rotatable bonds is 2. The standard InChI is InChI=1S/C17H15FN2O2S/c18-12-4-3-5-13(10-12)23(21,22)20-9-8-15-14-6-1-2-7-16(14)19-17(15)11-20/h1-7,10,19H,8-9,11H2. The first-order chi connectivity index (χ1) is 11.1. The van der Waals surface area contributed by atoms with Crippen molar-refractivity contribution in [2.45, 2.75) is 17.9 Å². The van der Waals surface area contributed by atoms with E-state index < -0.39 is 15.8 Å². The number of benzene rings is 2. The highest BCUT2D eigenvalue weighted by Gasteiger charge is 2.30. The van der Waals surface area contributed by atoms with E-state index in [4.69, 9.17) is 0 Å². The highest BCUT2D eigenvalue weighted by atomic mass is 32.2. The zero-order valence-electron chi connectivity index (χ0n) is 12.3. The van der Waals surface area contributed by atoms with Gasteiger partial charge in [-0.15, -0.1) is 0 Å². The van der Waals surface area contributed by atoms with E-state index in [0.717, 1.165) is 22.7 Å². The minimum Gasteiger partial charge on any atom is -0.357 e. The molecule has 1 aliphatic rings. The first-order valence-electron chi connectivity index (χ1n) is 7.40. The summed E-state index contributed by atoms with van der Waals surface area (Å²) in [5.74, 6) is -0.547. The maximum absolute atomic E-state index is 13.4. The summed E-state index contributed by atoms with van der Waals surface area (Å²) in [6, 6.07) is 13.1. The van der Waals surface area contributed by atoms with Gasteiger partial charge in [0, 0.05) is 23.1 Å². The Bertz CT molecular complexity index is 995. The summed E-state index contributed by atoms with van der Waals surface area (Å²) >= 11 is 0. The molecule has 0 unspecified atom stereocenters. The average molecular weight is 330 g/mol. The minimum absolute atomic E-state index is 0.00272. The molecule has 6 heteroatoms. The summed E-state index contributed by atoms with van der Waals surface area (Å²) in [7, 11) is -3.69. The molecule has 118 valence electrons. The van der Waals surface area contributed by atoms with Crippen LogP contribution in [0.2, 0.25) is 0 Å². The molecule has 0 bridgehead atoms. The monoisotopic (exact) mass is 330 g/mol. The van der Waals surface area contributed by atoms with Gasteiger partial charge in [0.05, 0.1) is 11.4 Å². The molecule has 3 aromatic rings. The molecule has 0 fully saturated rings. The first-order valence-corrected chi connectivity index (χ1v) is 8.84. The summed E-state index contributed by atoms with van der Waals surface area (Å²) in [4.78, 5) is 3.30. The first kappa shape index (κ1) is 14.4. The van der Waals surface area contributed by atoms with Crippen molar-refractivity contribution in [3.63, 3.8) is 0 Å². The van der Waals surface area contributed by atoms with Crippen LogP contribution in [0, 0.1) is 5.82 Å². The lowest BCUT2D eigenvalue weighted by Crippen LogP contribution is -2.35. The Hall–Kier alpha value is -2.18. The van der Waals surface area contributed by atoms with Crippen molar-refractivity contribution in [2.75, 3.05) is 6.54 Å². The highest BCUT2D eigenvalue weighted by Crippen LogP contribution is 2.30. The molecular formula is C17H15FN2O2S. The van der Waals surface area contributed by atoms with Gasteiger partial charge in [-0.3, -0.25) is 0 Å². The Morgan fingerprint density at radius 2 is 1.91 bits per heavy atom. The fraction of sp³-hybridized carbons (Fsp3) is 0.176. The van der Waals surface area contributed by atoms with Gasteiger partial charge in [0.1, 0.15) is 5.82 Å². The second-order valence-corrected chi connectivity index (χ2v) is 7.61. The molecule has 2 aromatic carbocycles. The molecule has 23 heavy (non-hydrogen) atoms. The minimum atomic E-state index is -3.69. The lowest BCUT2D eigenvalue weighted by molar-refractivity contribution is 0.388. The molecule has 2 heterocycles. The zero-order valence-corrected chi connectivity index (χ0v) is 13.1. The molecule has 0 amide bonds. The second kappa shape index (κ2) is 5.18. The van der Waals surface area contributed by atoms with E-state index in [9.17, 15) is 12.8 Å². The molecule has 1 N–H and O–H groups in total. The maximum atomic E-state index is 13.4. The highest BCUT2D eigenvalue weighted by molar-refractivity contribution is 7.89. The predicted octanol–water partition coefficient (Wildman–Crippen LogP) is 3.05. The van der Waals surface area contributed by atoms with Gasteiger partial charge in [-0.05, 0) is 36.2 Å². The van der Waals surface area contributed by atoms with E-state index in [1.165, 1.54) is 28.1 Å². The molecule has 0 aliphatic carbocycles. The Morgan fingerprint density at radius 1 is 1.09 bits per heavy atom. The van der Waals surface area contributed by atoms with Crippen LogP contribution in [-0.2, 0) is 23.0 Å². The van der Waals surface area contributed by atoms with Crippen molar-refractivity contribution < 1.29 is 12.8 Å². The van der Waals surface area contributed by atoms with Crippen molar-refractivity contribution >= 4 is 20.9 Å². The number of nitrogens with zero attached hydrogens (tertiary/aromatic N) is 1. The van der Waals surface area contributed by atoms with E-state index in [2.05, 4.69) is 4.98 Å². The molecule has 0 spiro atoms. The van der Waals surface area contributed by atoms with Crippen LogP contribution in [0.4, 0.5) is 4.39 Å². The number of hydrogen-bond acceptors (Lipinski definition) is 2. The van der Waals surface area contributed by atoms with Crippen LogP contribution in [0.5, 0.6) is 0 Å². The Morgan fingerprint density at radius 3 is 2.74 bits per heavy atom. The van der Waals surface area contributed by atoms with E-state index in [1.54, 1.807) is 0 Å². The van der Waals surface area contributed by atoms with Gasteiger partial charge in [0.25, 0.3) is 0 Å². The largest absolute Gasteiger partial charge is 0.357 e. The molecule has 0 saturated heterocycles. The van der Waals surface area contributed by atoms with Crippen LogP contribution in [0.15, 0.2) is 53.4 Å². The molecule has 0 radical (unpaired) electrons. The number of para-hydroxylation sites is 1. The smallest absolute Gasteiger partial charge is 0.243 e.